The van der Waals surface area contributed by atoms with Gasteiger partial charge in [0.25, 0.3) is 11.4 Å². The highest BCUT2D eigenvalue weighted by Gasteiger charge is 2.39. The van der Waals surface area contributed by atoms with Crippen LogP contribution in [0.4, 0.5) is 41.6 Å². The van der Waals surface area contributed by atoms with Crippen LogP contribution < -0.4 is 11.1 Å². The summed E-state index contributed by atoms with van der Waals surface area (Å²) in [6.45, 7) is 0. The third kappa shape index (κ3) is 3.51. The van der Waals surface area contributed by atoms with Gasteiger partial charge in [-0.25, -0.2) is 0 Å². The highest BCUT2D eigenvalue weighted by atomic mass is 19.4. The van der Waals surface area contributed by atoms with Crippen molar-refractivity contribution in [2.75, 3.05) is 11.1 Å². The Hall–Kier alpha value is -3.37. The first-order valence-corrected chi connectivity index (χ1v) is 6.26. The van der Waals surface area contributed by atoms with E-state index in [4.69, 9.17) is 5.73 Å². The average molecular weight is 342 g/mol. The van der Waals surface area contributed by atoms with E-state index in [9.17, 15) is 33.4 Å². The number of alkyl halides is 3. The molecule has 3 N–H and O–H groups in total. The molecule has 126 valence electrons. The number of anilines is 3. The Balaban J connectivity index is 2.68. The summed E-state index contributed by atoms with van der Waals surface area (Å²) < 4.78 is 39.6. The summed E-state index contributed by atoms with van der Waals surface area (Å²) in [5, 5.41) is 24.1. The van der Waals surface area contributed by atoms with Crippen LogP contribution in [0.1, 0.15) is 5.56 Å². The third-order valence-electron chi connectivity index (χ3n) is 3.00. The van der Waals surface area contributed by atoms with E-state index in [1.165, 1.54) is 24.3 Å². The molecule has 8 nitrogen and oxygen atoms in total. The standard InChI is InChI=1S/C13H9F3N4O4/c14-13(15,16)10-5-9(19(21)22)6-11(20(23)24)12(10)18-8-3-1-7(17)2-4-8/h1-6,18H,17H2. The first-order valence-electron chi connectivity index (χ1n) is 6.26. The minimum absolute atomic E-state index is 0.103. The molecule has 0 saturated carbocycles. The molecule has 0 heterocycles. The number of hydrogen-bond acceptors (Lipinski definition) is 6. The summed E-state index contributed by atoms with van der Waals surface area (Å²) in [5.74, 6) is 0. The van der Waals surface area contributed by atoms with Gasteiger partial charge in [0.15, 0.2) is 0 Å². The summed E-state index contributed by atoms with van der Waals surface area (Å²) in [4.78, 5) is 19.6. The largest absolute Gasteiger partial charge is 0.418 e. The van der Waals surface area contributed by atoms with Crippen LogP contribution in [-0.4, -0.2) is 9.85 Å². The summed E-state index contributed by atoms with van der Waals surface area (Å²) in [7, 11) is 0. The van der Waals surface area contributed by atoms with Crippen molar-refractivity contribution in [1.29, 1.82) is 0 Å². The molecule has 2 aromatic carbocycles. The molecule has 0 unspecified atom stereocenters. The molecule has 24 heavy (non-hydrogen) atoms. The van der Waals surface area contributed by atoms with Crippen LogP contribution >= 0.6 is 0 Å². The highest BCUT2D eigenvalue weighted by molar-refractivity contribution is 5.76. The zero-order chi connectivity index (χ0) is 18.1. The molecular formula is C13H9F3N4O4. The van der Waals surface area contributed by atoms with Crippen molar-refractivity contribution in [3.63, 3.8) is 0 Å². The lowest BCUT2D eigenvalue weighted by atomic mass is 10.1. The number of nitrogen functional groups attached to an aromatic ring is 1. The van der Waals surface area contributed by atoms with Gasteiger partial charge in [-0.2, -0.15) is 13.2 Å². The number of hydrogen-bond donors (Lipinski definition) is 2. The SMILES string of the molecule is Nc1ccc(Nc2c([N+](=O)[O-])cc([N+](=O)[O-])cc2C(F)(F)F)cc1. The molecule has 0 aliphatic carbocycles. The van der Waals surface area contributed by atoms with Crippen LogP contribution in [0, 0.1) is 20.2 Å². The van der Waals surface area contributed by atoms with E-state index < -0.39 is 38.6 Å². The second kappa shape index (κ2) is 6.02. The molecular weight excluding hydrogens is 333 g/mol. The van der Waals surface area contributed by atoms with Crippen molar-refractivity contribution < 1.29 is 23.0 Å². The summed E-state index contributed by atoms with van der Waals surface area (Å²) in [6, 6.07) is 6.11. The molecule has 11 heteroatoms. The lowest BCUT2D eigenvalue weighted by Gasteiger charge is -2.15. The molecule has 2 aromatic rings. The van der Waals surface area contributed by atoms with E-state index in [1.54, 1.807) is 0 Å². The predicted molar refractivity (Wildman–Crippen MR) is 78.9 cm³/mol. The fourth-order valence-corrected chi connectivity index (χ4v) is 1.93. The Bertz CT molecular complexity index is 806. The number of rotatable bonds is 4. The molecule has 0 aliphatic heterocycles. The molecule has 0 radical (unpaired) electrons. The number of non-ortho nitro benzene ring substituents is 1. The minimum Gasteiger partial charge on any atom is -0.399 e. The second-order valence-electron chi connectivity index (χ2n) is 4.65. The molecule has 0 aliphatic rings. The van der Waals surface area contributed by atoms with E-state index in [2.05, 4.69) is 5.32 Å². The van der Waals surface area contributed by atoms with Gasteiger partial charge in [0.2, 0.25) is 0 Å². The van der Waals surface area contributed by atoms with Crippen molar-refractivity contribution in [2.24, 2.45) is 0 Å². The van der Waals surface area contributed by atoms with Crippen LogP contribution in [0.25, 0.3) is 0 Å². The Morgan fingerprint density at radius 1 is 1.00 bits per heavy atom. The zero-order valence-corrected chi connectivity index (χ0v) is 11.7. The molecule has 0 saturated heterocycles. The van der Waals surface area contributed by atoms with Crippen molar-refractivity contribution in [3.05, 3.63) is 62.2 Å². The Kier molecular flexibility index (Phi) is 4.26. The van der Waals surface area contributed by atoms with Gasteiger partial charge in [-0.15, -0.1) is 0 Å². The smallest absolute Gasteiger partial charge is 0.399 e. The van der Waals surface area contributed by atoms with Crippen LogP contribution in [0.2, 0.25) is 0 Å². The molecule has 0 spiro atoms. The topological polar surface area (TPSA) is 124 Å². The second-order valence-corrected chi connectivity index (χ2v) is 4.65. The summed E-state index contributed by atoms with van der Waals surface area (Å²) in [5.41, 5.74) is 1.41. The van der Waals surface area contributed by atoms with Gasteiger partial charge in [-0.1, -0.05) is 0 Å². The molecule has 2 rings (SSSR count). The van der Waals surface area contributed by atoms with Crippen molar-refractivity contribution in [2.45, 2.75) is 6.18 Å². The predicted octanol–water partition coefficient (Wildman–Crippen LogP) is 3.85. The first-order chi connectivity index (χ1) is 11.1. The average Bonchev–Trinajstić information content (AvgIpc) is 2.48. The monoisotopic (exact) mass is 342 g/mol. The van der Waals surface area contributed by atoms with E-state index >= 15 is 0 Å². The normalized spacial score (nSPS) is 11.1. The van der Waals surface area contributed by atoms with Gasteiger partial charge >= 0.3 is 6.18 Å². The van der Waals surface area contributed by atoms with Crippen LogP contribution in [0.5, 0.6) is 0 Å². The molecule has 0 atom stereocenters. The van der Waals surface area contributed by atoms with Gasteiger partial charge in [0.05, 0.1) is 21.5 Å². The number of benzene rings is 2. The number of nitro groups is 2. The van der Waals surface area contributed by atoms with Crippen LogP contribution in [0.3, 0.4) is 0 Å². The zero-order valence-electron chi connectivity index (χ0n) is 11.7. The fourth-order valence-electron chi connectivity index (χ4n) is 1.93. The van der Waals surface area contributed by atoms with Crippen LogP contribution in [-0.2, 0) is 6.18 Å². The molecule has 0 aromatic heterocycles. The van der Waals surface area contributed by atoms with Gasteiger partial charge in [-0.3, -0.25) is 20.2 Å². The maximum Gasteiger partial charge on any atom is 0.418 e. The summed E-state index contributed by atoms with van der Waals surface area (Å²) in [6.07, 6.45) is -5.03. The lowest BCUT2D eigenvalue weighted by molar-refractivity contribution is -0.394. The molecule has 0 amide bonds. The minimum atomic E-state index is -5.03. The number of nitro benzene ring substituents is 2. The van der Waals surface area contributed by atoms with Gasteiger partial charge in [0, 0.05) is 17.4 Å². The fraction of sp³-hybridized carbons (Fsp3) is 0.0769. The third-order valence-corrected chi connectivity index (χ3v) is 3.00. The number of nitrogens with one attached hydrogen (secondary N) is 1. The molecule has 0 fully saturated rings. The Labute approximate surface area is 132 Å². The van der Waals surface area contributed by atoms with Crippen LogP contribution in [0.15, 0.2) is 36.4 Å². The van der Waals surface area contributed by atoms with Crippen molar-refractivity contribution in [3.8, 4) is 0 Å². The van der Waals surface area contributed by atoms with E-state index in [1.807, 2.05) is 0 Å². The van der Waals surface area contributed by atoms with E-state index in [0.717, 1.165) is 0 Å². The van der Waals surface area contributed by atoms with E-state index in [-0.39, 0.29) is 11.8 Å². The number of halogens is 3. The summed E-state index contributed by atoms with van der Waals surface area (Å²) >= 11 is 0. The quantitative estimate of drug-likeness (QED) is 0.494. The number of nitrogens with zero attached hydrogens (tertiary/aromatic N) is 2. The maximum atomic E-state index is 13.2. The maximum absolute atomic E-state index is 13.2. The van der Waals surface area contributed by atoms with E-state index in [0.29, 0.717) is 11.8 Å². The van der Waals surface area contributed by atoms with Gasteiger partial charge in [-0.05, 0) is 24.3 Å². The van der Waals surface area contributed by atoms with Gasteiger partial charge < -0.3 is 11.1 Å². The molecule has 0 bridgehead atoms. The lowest BCUT2D eigenvalue weighted by Crippen LogP contribution is -2.11. The number of nitrogens with two attached hydrogens (primary N) is 1. The Morgan fingerprint density at radius 3 is 2.04 bits per heavy atom. The first kappa shape index (κ1) is 17.0. The van der Waals surface area contributed by atoms with Gasteiger partial charge in [0.1, 0.15) is 5.69 Å². The Morgan fingerprint density at radius 2 is 1.58 bits per heavy atom. The van der Waals surface area contributed by atoms with Crippen molar-refractivity contribution in [1.82, 2.24) is 0 Å². The van der Waals surface area contributed by atoms with Crippen molar-refractivity contribution >= 4 is 28.4 Å². The highest BCUT2D eigenvalue weighted by Crippen LogP contribution is 2.43.